The zero-order chi connectivity index (χ0) is 11.6. The predicted molar refractivity (Wildman–Crippen MR) is 66.0 cm³/mol. The molecule has 0 aliphatic rings. The van der Waals surface area contributed by atoms with Gasteiger partial charge in [-0.3, -0.25) is 0 Å². The summed E-state index contributed by atoms with van der Waals surface area (Å²) in [7, 11) is -1.33. The molecule has 0 aromatic heterocycles. The first-order valence-corrected chi connectivity index (χ1v) is 9.76. The van der Waals surface area contributed by atoms with Crippen LogP contribution in [0.2, 0.25) is 18.1 Å². The van der Waals surface area contributed by atoms with E-state index in [4.69, 9.17) is 3.01 Å². The number of rotatable bonds is 10. The Morgan fingerprint density at radius 2 is 1.13 bits per heavy atom. The van der Waals surface area contributed by atoms with E-state index in [1.807, 2.05) is 20.8 Å². The van der Waals surface area contributed by atoms with Gasteiger partial charge in [-0.1, -0.05) is 0 Å². The summed E-state index contributed by atoms with van der Waals surface area (Å²) in [5.41, 5.74) is 0. The zero-order valence-corrected chi connectivity index (χ0v) is 13.3. The molecule has 0 heterocycles. The SMILES string of the molecule is CCCC[Si](CCCC)(CCCC)[O][Ti]. The summed E-state index contributed by atoms with van der Waals surface area (Å²) in [6, 6.07) is 4.17. The third kappa shape index (κ3) is 6.93. The van der Waals surface area contributed by atoms with E-state index in [9.17, 15) is 0 Å². The van der Waals surface area contributed by atoms with Crippen LogP contribution in [0.25, 0.3) is 0 Å². The standard InChI is InChI=1S/C12H27OSi.Ti/c1-4-7-10-14(13,11-8-5-2)12-9-6-3;/h4-12H2,1-3H3;/q-1;+1. The summed E-state index contributed by atoms with van der Waals surface area (Å²) in [6.45, 7) is 6.86. The molecule has 0 saturated heterocycles. The summed E-state index contributed by atoms with van der Waals surface area (Å²) in [5, 5.41) is 0. The van der Waals surface area contributed by atoms with E-state index in [2.05, 4.69) is 20.8 Å². The molecule has 0 radical (unpaired) electrons. The van der Waals surface area contributed by atoms with E-state index < -0.39 is 8.32 Å². The van der Waals surface area contributed by atoms with E-state index in [1.54, 1.807) is 0 Å². The van der Waals surface area contributed by atoms with Crippen LogP contribution < -0.4 is 0 Å². The summed E-state index contributed by atoms with van der Waals surface area (Å²) in [5.74, 6) is 0. The van der Waals surface area contributed by atoms with Crippen LogP contribution in [0.15, 0.2) is 0 Å². The van der Waals surface area contributed by atoms with E-state index in [0.717, 1.165) is 0 Å². The van der Waals surface area contributed by atoms with Crippen LogP contribution in [0.4, 0.5) is 0 Å². The minimum absolute atomic E-state index is 1.32. The number of hydrogen-bond acceptors (Lipinski definition) is 1. The molecule has 0 fully saturated rings. The van der Waals surface area contributed by atoms with Crippen LogP contribution in [-0.2, 0) is 23.8 Å². The van der Waals surface area contributed by atoms with Gasteiger partial charge < -0.3 is 0 Å². The molecule has 0 aromatic rings. The summed E-state index contributed by atoms with van der Waals surface area (Å²) >= 11 is 1.97. The van der Waals surface area contributed by atoms with E-state index in [-0.39, 0.29) is 0 Å². The van der Waals surface area contributed by atoms with Gasteiger partial charge in [0.2, 0.25) is 0 Å². The molecule has 0 spiro atoms. The quantitative estimate of drug-likeness (QED) is 0.514. The fourth-order valence-electron chi connectivity index (χ4n) is 2.02. The Hall–Kier alpha value is 0.891. The van der Waals surface area contributed by atoms with Crippen molar-refractivity contribution in [1.82, 2.24) is 0 Å². The van der Waals surface area contributed by atoms with Gasteiger partial charge in [-0.15, -0.1) is 0 Å². The molecular weight excluding hydrogens is 236 g/mol. The monoisotopic (exact) mass is 263 g/mol. The van der Waals surface area contributed by atoms with Crippen molar-refractivity contribution >= 4 is 8.32 Å². The second-order valence-corrected chi connectivity index (χ2v) is 9.62. The minimum atomic E-state index is -1.33. The van der Waals surface area contributed by atoms with Gasteiger partial charge in [0.15, 0.2) is 0 Å². The van der Waals surface area contributed by atoms with Crippen LogP contribution >= 0.6 is 0 Å². The maximum absolute atomic E-state index is 5.98. The molecule has 0 saturated carbocycles. The molecule has 0 aromatic carbocycles. The van der Waals surface area contributed by atoms with Crippen molar-refractivity contribution in [2.45, 2.75) is 77.4 Å². The molecule has 89 valence electrons. The first-order valence-electron chi connectivity index (χ1n) is 6.59. The van der Waals surface area contributed by atoms with E-state index in [1.165, 1.54) is 56.7 Å². The fraction of sp³-hybridized carbons (Fsp3) is 1.00. The van der Waals surface area contributed by atoms with Crippen molar-refractivity contribution < 1.29 is 23.8 Å². The molecule has 0 amide bonds. The van der Waals surface area contributed by atoms with Gasteiger partial charge >= 0.3 is 110 Å². The second-order valence-electron chi connectivity index (χ2n) is 4.60. The van der Waals surface area contributed by atoms with Crippen LogP contribution in [0.1, 0.15) is 59.3 Å². The molecule has 0 aliphatic carbocycles. The Morgan fingerprint density at radius 1 is 0.800 bits per heavy atom. The van der Waals surface area contributed by atoms with Crippen LogP contribution in [-0.4, -0.2) is 8.32 Å². The van der Waals surface area contributed by atoms with Crippen LogP contribution in [0.3, 0.4) is 0 Å². The van der Waals surface area contributed by atoms with Gasteiger partial charge in [0.1, 0.15) is 0 Å². The van der Waals surface area contributed by atoms with Gasteiger partial charge in [-0.25, -0.2) is 0 Å². The van der Waals surface area contributed by atoms with Crippen molar-refractivity contribution in [1.29, 1.82) is 0 Å². The summed E-state index contributed by atoms with van der Waals surface area (Å²) < 4.78 is 5.98. The topological polar surface area (TPSA) is 9.23 Å². The molecule has 0 N–H and O–H groups in total. The molecule has 1 nitrogen and oxygen atoms in total. The first-order chi connectivity index (χ1) is 7.24. The van der Waals surface area contributed by atoms with Gasteiger partial charge in [0.05, 0.1) is 0 Å². The van der Waals surface area contributed by atoms with Crippen LogP contribution in [0.5, 0.6) is 0 Å². The van der Waals surface area contributed by atoms with Gasteiger partial charge in [0, 0.05) is 0 Å². The molecule has 0 unspecified atom stereocenters. The Labute approximate surface area is 109 Å². The molecule has 0 rings (SSSR count). The van der Waals surface area contributed by atoms with Gasteiger partial charge in [-0.2, -0.15) is 0 Å². The van der Waals surface area contributed by atoms with Crippen molar-refractivity contribution in [3.63, 3.8) is 0 Å². The molecule has 3 heteroatoms. The molecule has 15 heavy (non-hydrogen) atoms. The Balaban J connectivity index is 4.16. The Kier molecular flexibility index (Phi) is 10.7. The third-order valence-corrected chi connectivity index (χ3v) is 9.43. The average Bonchev–Trinajstić information content (AvgIpc) is 2.29. The second kappa shape index (κ2) is 10.1. The third-order valence-electron chi connectivity index (χ3n) is 3.17. The van der Waals surface area contributed by atoms with Crippen LogP contribution in [0, 0.1) is 0 Å². The van der Waals surface area contributed by atoms with Crippen molar-refractivity contribution in [3.8, 4) is 0 Å². The Bertz CT molecular complexity index is 120. The summed E-state index contributed by atoms with van der Waals surface area (Å²) in [6.07, 6.45) is 8.05. The maximum atomic E-state index is 5.98. The summed E-state index contributed by atoms with van der Waals surface area (Å²) in [4.78, 5) is 0. The molecule has 0 atom stereocenters. The van der Waals surface area contributed by atoms with E-state index in [0.29, 0.717) is 0 Å². The molecular formula is C12H27OSiTi. The van der Waals surface area contributed by atoms with Crippen molar-refractivity contribution in [3.05, 3.63) is 0 Å². The molecule has 0 bridgehead atoms. The predicted octanol–water partition coefficient (Wildman–Crippen LogP) is 4.81. The van der Waals surface area contributed by atoms with Crippen molar-refractivity contribution in [2.24, 2.45) is 0 Å². The van der Waals surface area contributed by atoms with Gasteiger partial charge in [0.25, 0.3) is 0 Å². The van der Waals surface area contributed by atoms with Crippen molar-refractivity contribution in [2.75, 3.05) is 0 Å². The zero-order valence-electron chi connectivity index (χ0n) is 10.8. The number of unbranched alkanes of at least 4 members (excludes halogenated alkanes) is 3. The molecule has 0 aliphatic heterocycles. The average molecular weight is 263 g/mol. The van der Waals surface area contributed by atoms with E-state index >= 15 is 0 Å². The van der Waals surface area contributed by atoms with Gasteiger partial charge in [-0.05, 0) is 0 Å². The Morgan fingerprint density at radius 3 is 1.33 bits per heavy atom. The fourth-order valence-corrected chi connectivity index (χ4v) is 7.51. The number of hydrogen-bond donors (Lipinski definition) is 0. The normalized spacial score (nSPS) is 11.9. The first kappa shape index (κ1) is 15.9.